The number of hydrogen-bond acceptors (Lipinski definition) is 5. The molecule has 0 aliphatic carbocycles. The SMILES string of the molecule is Cc1cc(C(=O)NNC(=S)Nc2cnn(Cc3ccc(Br)cc3)c2)c2c(C)nn(C)c2n1. The molecule has 4 aromatic rings. The number of amides is 1. The third-order valence-corrected chi connectivity index (χ3v) is 5.51. The van der Waals surface area contributed by atoms with Crippen LogP contribution in [-0.4, -0.2) is 35.6 Å². The van der Waals surface area contributed by atoms with Gasteiger partial charge in [-0.1, -0.05) is 28.1 Å². The molecule has 1 aromatic carbocycles. The molecule has 0 bridgehead atoms. The minimum atomic E-state index is -0.327. The number of rotatable bonds is 4. The number of carbonyl (C=O) groups excluding carboxylic acids is 1. The highest BCUT2D eigenvalue weighted by atomic mass is 79.9. The number of anilines is 1. The number of nitrogens with zero attached hydrogens (tertiary/aromatic N) is 5. The maximum Gasteiger partial charge on any atom is 0.270 e. The molecule has 0 aliphatic rings. The molecule has 0 radical (unpaired) electrons. The molecule has 3 aromatic heterocycles. The number of fused-ring (bicyclic) bond motifs is 1. The van der Waals surface area contributed by atoms with Crippen molar-refractivity contribution >= 4 is 55.9 Å². The van der Waals surface area contributed by atoms with Crippen LogP contribution in [-0.2, 0) is 13.6 Å². The van der Waals surface area contributed by atoms with E-state index in [0.29, 0.717) is 28.8 Å². The molecule has 0 aliphatic heterocycles. The Morgan fingerprint density at radius 3 is 2.69 bits per heavy atom. The van der Waals surface area contributed by atoms with Gasteiger partial charge >= 0.3 is 0 Å². The smallest absolute Gasteiger partial charge is 0.270 e. The highest BCUT2D eigenvalue weighted by Crippen LogP contribution is 2.21. The number of carbonyl (C=O) groups is 1. The van der Waals surface area contributed by atoms with E-state index in [2.05, 4.69) is 47.3 Å². The van der Waals surface area contributed by atoms with Gasteiger partial charge in [-0.05, 0) is 49.8 Å². The van der Waals surface area contributed by atoms with Crippen molar-refractivity contribution in [1.29, 1.82) is 0 Å². The van der Waals surface area contributed by atoms with Crippen molar-refractivity contribution in [2.45, 2.75) is 20.4 Å². The molecule has 9 nitrogen and oxygen atoms in total. The number of hydrogen-bond donors (Lipinski definition) is 3. The number of aryl methyl sites for hydroxylation is 3. The van der Waals surface area contributed by atoms with Crippen LogP contribution in [0.2, 0.25) is 0 Å². The topological polar surface area (TPSA) is 102 Å². The van der Waals surface area contributed by atoms with Crippen LogP contribution < -0.4 is 16.2 Å². The van der Waals surface area contributed by atoms with Crippen LogP contribution in [0.1, 0.15) is 27.3 Å². The van der Waals surface area contributed by atoms with Gasteiger partial charge in [0.15, 0.2) is 10.8 Å². The Balaban J connectivity index is 1.37. The van der Waals surface area contributed by atoms with Crippen molar-refractivity contribution in [1.82, 2.24) is 35.4 Å². The zero-order valence-corrected chi connectivity index (χ0v) is 20.1. The van der Waals surface area contributed by atoms with E-state index in [4.69, 9.17) is 12.2 Å². The van der Waals surface area contributed by atoms with Crippen molar-refractivity contribution in [3.8, 4) is 0 Å². The van der Waals surface area contributed by atoms with Crippen molar-refractivity contribution in [3.63, 3.8) is 0 Å². The van der Waals surface area contributed by atoms with E-state index in [1.165, 1.54) is 0 Å². The normalized spacial score (nSPS) is 10.9. The molecule has 4 rings (SSSR count). The zero-order valence-electron chi connectivity index (χ0n) is 17.7. The molecule has 32 heavy (non-hydrogen) atoms. The maximum atomic E-state index is 12.8. The Bertz CT molecular complexity index is 1310. The fourth-order valence-electron chi connectivity index (χ4n) is 3.38. The molecule has 11 heteroatoms. The average molecular weight is 513 g/mol. The Morgan fingerprint density at radius 2 is 1.94 bits per heavy atom. The largest absolute Gasteiger partial charge is 0.329 e. The van der Waals surface area contributed by atoms with Gasteiger partial charge in [0.2, 0.25) is 0 Å². The summed E-state index contributed by atoms with van der Waals surface area (Å²) in [7, 11) is 1.80. The highest BCUT2D eigenvalue weighted by Gasteiger charge is 2.18. The Labute approximate surface area is 198 Å². The summed E-state index contributed by atoms with van der Waals surface area (Å²) in [4.78, 5) is 17.3. The fraction of sp³-hybridized carbons (Fsp3) is 0.190. The lowest BCUT2D eigenvalue weighted by molar-refractivity contribution is 0.0945. The van der Waals surface area contributed by atoms with Gasteiger partial charge in [0.1, 0.15) is 0 Å². The molecule has 1 amide bonds. The first-order valence-corrected chi connectivity index (χ1v) is 11.0. The van der Waals surface area contributed by atoms with Crippen LogP contribution in [0.3, 0.4) is 0 Å². The number of pyridine rings is 1. The van der Waals surface area contributed by atoms with Gasteiger partial charge in [0, 0.05) is 23.4 Å². The van der Waals surface area contributed by atoms with Crippen LogP contribution in [0.5, 0.6) is 0 Å². The lowest BCUT2D eigenvalue weighted by Crippen LogP contribution is -2.43. The van der Waals surface area contributed by atoms with Gasteiger partial charge in [-0.2, -0.15) is 10.2 Å². The number of benzene rings is 1. The van der Waals surface area contributed by atoms with Crippen molar-refractivity contribution in [2.75, 3.05) is 5.32 Å². The first kappa shape index (κ1) is 21.9. The van der Waals surface area contributed by atoms with Gasteiger partial charge in [-0.25, -0.2) is 4.98 Å². The highest BCUT2D eigenvalue weighted by molar-refractivity contribution is 9.10. The molecule has 3 N–H and O–H groups in total. The quantitative estimate of drug-likeness (QED) is 0.285. The monoisotopic (exact) mass is 512 g/mol. The summed E-state index contributed by atoms with van der Waals surface area (Å²) < 4.78 is 4.50. The fourth-order valence-corrected chi connectivity index (χ4v) is 3.82. The lowest BCUT2D eigenvalue weighted by Gasteiger charge is -2.11. The summed E-state index contributed by atoms with van der Waals surface area (Å²) in [5.41, 5.74) is 9.81. The van der Waals surface area contributed by atoms with Crippen LogP contribution in [0.25, 0.3) is 11.0 Å². The number of halogens is 1. The Hall–Kier alpha value is -3.31. The van der Waals surface area contributed by atoms with Crippen molar-refractivity contribution < 1.29 is 4.79 Å². The maximum absolute atomic E-state index is 12.8. The number of thiocarbonyl (C=S) groups is 1. The predicted molar refractivity (Wildman–Crippen MR) is 130 cm³/mol. The number of hydrazine groups is 1. The second-order valence-corrected chi connectivity index (χ2v) is 8.63. The third kappa shape index (κ3) is 4.78. The third-order valence-electron chi connectivity index (χ3n) is 4.78. The Kier molecular flexibility index (Phi) is 6.19. The molecule has 0 saturated carbocycles. The lowest BCUT2D eigenvalue weighted by atomic mass is 10.1. The van der Waals surface area contributed by atoms with Gasteiger partial charge in [-0.3, -0.25) is 25.0 Å². The molecule has 0 unspecified atom stereocenters. The summed E-state index contributed by atoms with van der Waals surface area (Å²) >= 11 is 8.73. The standard InChI is InChI=1S/C21H21BrN8OS/c1-12-8-17(18-13(2)28-29(3)19(18)24-12)20(31)26-27-21(32)25-16-9-23-30(11-16)10-14-4-6-15(22)7-5-14/h4-9,11H,10H2,1-3H3,(H,26,31)(H2,25,27,32). The molecule has 0 spiro atoms. The summed E-state index contributed by atoms with van der Waals surface area (Å²) in [5, 5.41) is 12.7. The van der Waals surface area contributed by atoms with E-state index in [1.54, 1.807) is 28.7 Å². The van der Waals surface area contributed by atoms with E-state index < -0.39 is 0 Å². The summed E-state index contributed by atoms with van der Waals surface area (Å²) in [6.45, 7) is 4.32. The van der Waals surface area contributed by atoms with Gasteiger partial charge in [-0.15, -0.1) is 0 Å². The molecule has 164 valence electrons. The predicted octanol–water partition coefficient (Wildman–Crippen LogP) is 3.22. The first-order chi connectivity index (χ1) is 15.3. The van der Waals surface area contributed by atoms with Crippen LogP contribution in [0, 0.1) is 13.8 Å². The van der Waals surface area contributed by atoms with Crippen molar-refractivity contribution in [3.05, 3.63) is 69.7 Å². The van der Waals surface area contributed by atoms with Crippen LogP contribution >= 0.6 is 28.1 Å². The van der Waals surface area contributed by atoms with Crippen LogP contribution in [0.15, 0.2) is 47.2 Å². The van der Waals surface area contributed by atoms with Gasteiger partial charge in [0.25, 0.3) is 5.91 Å². The molecule has 3 heterocycles. The van der Waals surface area contributed by atoms with Crippen LogP contribution in [0.4, 0.5) is 5.69 Å². The molecule has 0 saturated heterocycles. The molecule has 0 atom stereocenters. The summed E-state index contributed by atoms with van der Waals surface area (Å²) in [6.07, 6.45) is 3.51. The first-order valence-electron chi connectivity index (χ1n) is 9.75. The number of nitrogens with one attached hydrogen (secondary N) is 3. The Morgan fingerprint density at radius 1 is 1.19 bits per heavy atom. The summed E-state index contributed by atoms with van der Waals surface area (Å²) in [6, 6.07) is 9.77. The minimum Gasteiger partial charge on any atom is -0.329 e. The second kappa shape index (κ2) is 9.05. The van der Waals surface area contributed by atoms with E-state index in [0.717, 1.165) is 21.4 Å². The van der Waals surface area contributed by atoms with E-state index in [-0.39, 0.29) is 11.0 Å². The van der Waals surface area contributed by atoms with E-state index in [9.17, 15) is 4.79 Å². The molecule has 0 fully saturated rings. The summed E-state index contributed by atoms with van der Waals surface area (Å²) in [5.74, 6) is -0.327. The molecular weight excluding hydrogens is 492 g/mol. The van der Waals surface area contributed by atoms with Crippen molar-refractivity contribution in [2.24, 2.45) is 7.05 Å². The van der Waals surface area contributed by atoms with E-state index in [1.807, 2.05) is 44.3 Å². The zero-order chi connectivity index (χ0) is 22.8. The minimum absolute atomic E-state index is 0.242. The molecular formula is C21H21BrN8OS. The van der Waals surface area contributed by atoms with E-state index >= 15 is 0 Å². The second-order valence-electron chi connectivity index (χ2n) is 7.31. The number of aromatic nitrogens is 5. The van der Waals surface area contributed by atoms with Gasteiger partial charge in [0.05, 0.1) is 35.1 Å². The van der Waals surface area contributed by atoms with Gasteiger partial charge < -0.3 is 5.32 Å². The average Bonchev–Trinajstić information content (AvgIpc) is 3.30.